The second-order valence-corrected chi connectivity index (χ2v) is 6.65. The zero-order chi connectivity index (χ0) is 14.3. The Balaban J connectivity index is 2.34. The van der Waals surface area contributed by atoms with Crippen molar-refractivity contribution in [1.82, 2.24) is 5.32 Å². The quantitative estimate of drug-likeness (QED) is 0.839. The number of rotatable bonds is 7. The van der Waals surface area contributed by atoms with Gasteiger partial charge < -0.3 is 5.32 Å². The Hall–Kier alpha value is -0.580. The SMILES string of the molecule is CCS(=O)CCNC(=O)CCc1cccc(Cl)c1Cl. The summed E-state index contributed by atoms with van der Waals surface area (Å²) in [5.74, 6) is 1.05. The van der Waals surface area contributed by atoms with E-state index in [-0.39, 0.29) is 5.91 Å². The summed E-state index contributed by atoms with van der Waals surface area (Å²) in [5.41, 5.74) is 0.862. The summed E-state index contributed by atoms with van der Waals surface area (Å²) in [7, 11) is -0.843. The summed E-state index contributed by atoms with van der Waals surface area (Å²) >= 11 is 11.9. The van der Waals surface area contributed by atoms with Crippen LogP contribution in [0, 0.1) is 0 Å². The molecule has 0 spiro atoms. The molecule has 3 nitrogen and oxygen atoms in total. The lowest BCUT2D eigenvalue weighted by atomic mass is 10.1. The van der Waals surface area contributed by atoms with Crippen molar-refractivity contribution in [3.8, 4) is 0 Å². The predicted molar refractivity (Wildman–Crippen MR) is 81.3 cm³/mol. The molecule has 0 aliphatic carbocycles. The van der Waals surface area contributed by atoms with Crippen LogP contribution in [0.5, 0.6) is 0 Å². The number of hydrogen-bond donors (Lipinski definition) is 1. The van der Waals surface area contributed by atoms with Gasteiger partial charge in [0.2, 0.25) is 5.91 Å². The van der Waals surface area contributed by atoms with Gasteiger partial charge in [0.15, 0.2) is 0 Å². The van der Waals surface area contributed by atoms with E-state index >= 15 is 0 Å². The number of hydrogen-bond acceptors (Lipinski definition) is 2. The highest BCUT2D eigenvalue weighted by atomic mass is 35.5. The van der Waals surface area contributed by atoms with E-state index in [1.165, 1.54) is 0 Å². The van der Waals surface area contributed by atoms with Gasteiger partial charge in [0.25, 0.3) is 0 Å². The molecule has 1 aromatic rings. The van der Waals surface area contributed by atoms with E-state index in [4.69, 9.17) is 23.2 Å². The highest BCUT2D eigenvalue weighted by Gasteiger charge is 2.07. The Kier molecular flexibility index (Phi) is 7.42. The van der Waals surface area contributed by atoms with Crippen LogP contribution in [0.2, 0.25) is 10.0 Å². The van der Waals surface area contributed by atoms with Crippen molar-refractivity contribution in [3.05, 3.63) is 33.8 Å². The van der Waals surface area contributed by atoms with Gasteiger partial charge >= 0.3 is 0 Å². The first-order valence-corrected chi connectivity index (χ1v) is 8.33. The maximum absolute atomic E-state index is 11.6. The minimum absolute atomic E-state index is 0.0656. The Morgan fingerprint density at radius 3 is 2.79 bits per heavy atom. The molecule has 0 bridgehead atoms. The van der Waals surface area contributed by atoms with Crippen LogP contribution in [-0.4, -0.2) is 28.2 Å². The molecular formula is C13H17Cl2NO2S. The topological polar surface area (TPSA) is 46.2 Å². The number of carbonyl (C=O) groups is 1. The molecule has 0 aliphatic heterocycles. The third kappa shape index (κ3) is 5.93. The predicted octanol–water partition coefficient (Wildman–Crippen LogP) is 2.81. The lowest BCUT2D eigenvalue weighted by Crippen LogP contribution is -2.28. The lowest BCUT2D eigenvalue weighted by molar-refractivity contribution is -0.120. The number of benzene rings is 1. The van der Waals surface area contributed by atoms with Crippen LogP contribution >= 0.6 is 23.2 Å². The number of amides is 1. The summed E-state index contributed by atoms with van der Waals surface area (Å²) < 4.78 is 11.2. The Bertz CT molecular complexity index is 466. The second kappa shape index (κ2) is 8.56. The molecule has 1 unspecified atom stereocenters. The van der Waals surface area contributed by atoms with Gasteiger partial charge in [-0.15, -0.1) is 0 Å². The molecule has 1 N–H and O–H groups in total. The number of carbonyl (C=O) groups excluding carboxylic acids is 1. The lowest BCUT2D eigenvalue weighted by Gasteiger charge is -2.07. The average Bonchev–Trinajstić information content (AvgIpc) is 2.40. The average molecular weight is 322 g/mol. The van der Waals surface area contributed by atoms with Gasteiger partial charge in [-0.1, -0.05) is 42.3 Å². The standard InChI is InChI=1S/C13H17Cl2NO2S/c1-2-19(18)9-8-16-12(17)7-6-10-4-3-5-11(14)13(10)15/h3-5H,2,6-9H2,1H3,(H,16,17). The fourth-order valence-corrected chi connectivity index (χ4v) is 2.56. The molecule has 0 saturated heterocycles. The van der Waals surface area contributed by atoms with Crippen LogP contribution in [0.15, 0.2) is 18.2 Å². The second-order valence-electron chi connectivity index (χ2n) is 4.00. The van der Waals surface area contributed by atoms with E-state index in [9.17, 15) is 9.00 Å². The summed E-state index contributed by atoms with van der Waals surface area (Å²) in [6.07, 6.45) is 0.890. The molecule has 0 aliphatic rings. The number of nitrogens with one attached hydrogen (secondary N) is 1. The highest BCUT2D eigenvalue weighted by molar-refractivity contribution is 7.84. The Morgan fingerprint density at radius 2 is 2.11 bits per heavy atom. The van der Waals surface area contributed by atoms with Crippen molar-refractivity contribution >= 4 is 39.9 Å². The molecule has 0 saturated carbocycles. The Labute approximate surface area is 126 Å². The third-order valence-corrected chi connectivity index (χ3v) is 4.79. The van der Waals surface area contributed by atoms with Crippen molar-refractivity contribution in [2.75, 3.05) is 18.1 Å². The maximum Gasteiger partial charge on any atom is 0.220 e. The molecule has 0 heterocycles. The first kappa shape index (κ1) is 16.5. The van der Waals surface area contributed by atoms with Crippen LogP contribution < -0.4 is 5.32 Å². The smallest absolute Gasteiger partial charge is 0.220 e. The number of halogens is 2. The van der Waals surface area contributed by atoms with Crippen molar-refractivity contribution in [3.63, 3.8) is 0 Å². The first-order valence-electron chi connectivity index (χ1n) is 6.09. The van der Waals surface area contributed by atoms with Crippen LogP contribution in [0.4, 0.5) is 0 Å². The van der Waals surface area contributed by atoms with Crippen LogP contribution in [0.25, 0.3) is 0 Å². The molecule has 0 fully saturated rings. The normalized spacial score (nSPS) is 12.2. The summed E-state index contributed by atoms with van der Waals surface area (Å²) in [6.45, 7) is 2.31. The van der Waals surface area contributed by atoms with Crippen molar-refractivity contribution in [2.45, 2.75) is 19.8 Å². The minimum Gasteiger partial charge on any atom is -0.355 e. The molecule has 1 amide bonds. The molecule has 6 heteroatoms. The van der Waals surface area contributed by atoms with Gasteiger partial charge in [0.05, 0.1) is 10.0 Å². The van der Waals surface area contributed by atoms with E-state index in [2.05, 4.69) is 5.32 Å². The monoisotopic (exact) mass is 321 g/mol. The van der Waals surface area contributed by atoms with E-state index < -0.39 is 10.8 Å². The van der Waals surface area contributed by atoms with Crippen molar-refractivity contribution in [1.29, 1.82) is 0 Å². The zero-order valence-electron chi connectivity index (χ0n) is 10.7. The molecule has 1 rings (SSSR count). The van der Waals surface area contributed by atoms with E-state index in [1.807, 2.05) is 19.1 Å². The van der Waals surface area contributed by atoms with Crippen molar-refractivity contribution in [2.24, 2.45) is 0 Å². The molecule has 0 aromatic heterocycles. The number of aryl methyl sites for hydroxylation is 1. The molecule has 19 heavy (non-hydrogen) atoms. The van der Waals surface area contributed by atoms with Crippen molar-refractivity contribution < 1.29 is 9.00 Å². The van der Waals surface area contributed by atoms with Gasteiger partial charge in [0.1, 0.15) is 0 Å². The zero-order valence-corrected chi connectivity index (χ0v) is 13.1. The summed E-state index contributed by atoms with van der Waals surface area (Å²) in [6, 6.07) is 5.38. The van der Waals surface area contributed by atoms with Crippen LogP contribution in [0.1, 0.15) is 18.9 Å². The van der Waals surface area contributed by atoms with Gasteiger partial charge in [-0.25, -0.2) is 0 Å². The van der Waals surface area contributed by atoms with Gasteiger partial charge in [-0.3, -0.25) is 9.00 Å². The van der Waals surface area contributed by atoms with E-state index in [0.29, 0.717) is 40.9 Å². The first-order chi connectivity index (χ1) is 9.04. The molecule has 1 aromatic carbocycles. The molecule has 106 valence electrons. The fraction of sp³-hybridized carbons (Fsp3) is 0.462. The largest absolute Gasteiger partial charge is 0.355 e. The summed E-state index contributed by atoms with van der Waals surface area (Å²) in [5, 5.41) is 3.75. The molecule has 1 atom stereocenters. The molecular weight excluding hydrogens is 305 g/mol. The fourth-order valence-electron chi connectivity index (χ4n) is 1.53. The van der Waals surface area contributed by atoms with E-state index in [1.54, 1.807) is 6.07 Å². The minimum atomic E-state index is -0.843. The van der Waals surface area contributed by atoms with Gasteiger partial charge in [-0.05, 0) is 18.1 Å². The summed E-state index contributed by atoms with van der Waals surface area (Å²) in [4.78, 5) is 11.6. The van der Waals surface area contributed by atoms with Gasteiger partial charge in [0, 0.05) is 35.3 Å². The van der Waals surface area contributed by atoms with Crippen LogP contribution in [0.3, 0.4) is 0 Å². The molecule has 0 radical (unpaired) electrons. The van der Waals surface area contributed by atoms with Gasteiger partial charge in [-0.2, -0.15) is 0 Å². The maximum atomic E-state index is 11.6. The van der Waals surface area contributed by atoms with Crippen LogP contribution in [-0.2, 0) is 22.0 Å². The third-order valence-electron chi connectivity index (χ3n) is 2.63. The highest BCUT2D eigenvalue weighted by Crippen LogP contribution is 2.26. The Morgan fingerprint density at radius 1 is 1.37 bits per heavy atom. The van der Waals surface area contributed by atoms with E-state index in [0.717, 1.165) is 5.56 Å².